The average Bonchev–Trinajstić information content (AvgIpc) is 2.54. The molecule has 2 aromatic carbocycles. The number of hydrogen-bond acceptors (Lipinski definition) is 3. The molecule has 0 unspecified atom stereocenters. The molecule has 0 fully saturated rings. The van der Waals surface area contributed by atoms with Gasteiger partial charge in [0.1, 0.15) is 5.75 Å². The molecule has 2 aromatic rings. The lowest BCUT2D eigenvalue weighted by atomic mass is 9.87. The van der Waals surface area contributed by atoms with Gasteiger partial charge >= 0.3 is 6.03 Å². The summed E-state index contributed by atoms with van der Waals surface area (Å²) in [6.45, 7) is 6.48. The van der Waals surface area contributed by atoms with Gasteiger partial charge in [-0.15, -0.1) is 0 Å². The van der Waals surface area contributed by atoms with Crippen molar-refractivity contribution in [1.29, 1.82) is 0 Å². The van der Waals surface area contributed by atoms with Gasteiger partial charge in [0.2, 0.25) is 0 Å². The van der Waals surface area contributed by atoms with Gasteiger partial charge in [-0.1, -0.05) is 39.0 Å². The zero-order chi connectivity index (χ0) is 18.6. The minimum Gasteiger partial charge on any atom is -0.506 e. The Kier molecular flexibility index (Phi) is 5.32. The van der Waals surface area contributed by atoms with Crippen molar-refractivity contribution in [3.05, 3.63) is 59.2 Å². The number of rotatable bonds is 4. The van der Waals surface area contributed by atoms with Crippen LogP contribution in [-0.4, -0.2) is 17.0 Å². The van der Waals surface area contributed by atoms with Gasteiger partial charge in [0.25, 0.3) is 5.91 Å². The lowest BCUT2D eigenvalue weighted by Gasteiger charge is -2.20. The van der Waals surface area contributed by atoms with Crippen LogP contribution in [0.2, 0.25) is 0 Å². The predicted octanol–water partition coefficient (Wildman–Crippen LogP) is 3.11. The molecule has 0 heterocycles. The number of phenolic OH excluding ortho intramolecular Hbond substituents is 1. The van der Waals surface area contributed by atoms with Gasteiger partial charge in [0, 0.05) is 12.1 Å². The van der Waals surface area contributed by atoms with Gasteiger partial charge < -0.3 is 21.5 Å². The Morgan fingerprint density at radius 3 is 2.28 bits per heavy atom. The molecule has 2 rings (SSSR count). The van der Waals surface area contributed by atoms with E-state index in [0.717, 1.165) is 11.1 Å². The summed E-state index contributed by atoms with van der Waals surface area (Å²) in [4.78, 5) is 23.1. The molecule has 132 valence electrons. The highest BCUT2D eigenvalue weighted by Gasteiger charge is 2.17. The summed E-state index contributed by atoms with van der Waals surface area (Å²) in [6, 6.07) is 11.4. The van der Waals surface area contributed by atoms with E-state index >= 15 is 0 Å². The van der Waals surface area contributed by atoms with Gasteiger partial charge in [-0.05, 0) is 40.8 Å². The Hall–Kier alpha value is -3.02. The van der Waals surface area contributed by atoms with E-state index in [1.165, 1.54) is 0 Å². The molecule has 0 aliphatic carbocycles. The summed E-state index contributed by atoms with van der Waals surface area (Å²) in [6.07, 6.45) is 0. The minimum atomic E-state index is -0.601. The highest BCUT2D eigenvalue weighted by atomic mass is 16.3. The van der Waals surface area contributed by atoms with E-state index in [0.29, 0.717) is 17.8 Å². The van der Waals surface area contributed by atoms with Gasteiger partial charge in [0.05, 0.1) is 5.69 Å². The van der Waals surface area contributed by atoms with Crippen LogP contribution in [0.5, 0.6) is 5.75 Å². The van der Waals surface area contributed by atoms with Gasteiger partial charge in [-0.25, -0.2) is 4.79 Å². The van der Waals surface area contributed by atoms with Crippen molar-refractivity contribution in [3.63, 3.8) is 0 Å². The summed E-state index contributed by atoms with van der Waals surface area (Å²) in [5.41, 5.74) is 7.58. The Morgan fingerprint density at radius 1 is 1.08 bits per heavy atom. The molecule has 5 N–H and O–H groups in total. The zero-order valence-electron chi connectivity index (χ0n) is 14.6. The molecule has 0 radical (unpaired) electrons. The SMILES string of the molecule is CC(C)(C)c1ccc(O)c(NC(=O)c2ccc(CNC(N)=O)cc2)c1. The lowest BCUT2D eigenvalue weighted by molar-refractivity contribution is 0.102. The maximum absolute atomic E-state index is 12.4. The molecule has 3 amide bonds. The fourth-order valence-electron chi connectivity index (χ4n) is 2.26. The third-order valence-corrected chi connectivity index (χ3v) is 3.79. The molecular weight excluding hydrogens is 318 g/mol. The first kappa shape index (κ1) is 18.3. The van der Waals surface area contributed by atoms with Crippen LogP contribution >= 0.6 is 0 Å². The normalized spacial score (nSPS) is 11.0. The van der Waals surface area contributed by atoms with Gasteiger partial charge in [0.15, 0.2) is 0 Å². The van der Waals surface area contributed by atoms with Crippen molar-refractivity contribution in [3.8, 4) is 5.75 Å². The number of carbonyl (C=O) groups excluding carboxylic acids is 2. The number of benzene rings is 2. The average molecular weight is 341 g/mol. The van der Waals surface area contributed by atoms with Gasteiger partial charge in [-0.3, -0.25) is 4.79 Å². The third kappa shape index (κ3) is 4.97. The molecule has 0 aliphatic rings. The van der Waals surface area contributed by atoms with Crippen LogP contribution in [-0.2, 0) is 12.0 Å². The van der Waals surface area contributed by atoms with Crippen LogP contribution in [0, 0.1) is 0 Å². The van der Waals surface area contributed by atoms with Crippen LogP contribution < -0.4 is 16.4 Å². The van der Waals surface area contributed by atoms with Crippen molar-refractivity contribution in [1.82, 2.24) is 5.32 Å². The molecule has 0 aromatic heterocycles. The second-order valence-corrected chi connectivity index (χ2v) is 6.85. The van der Waals surface area contributed by atoms with Crippen molar-refractivity contribution in [2.75, 3.05) is 5.32 Å². The summed E-state index contributed by atoms with van der Waals surface area (Å²) in [5.74, 6) is -0.306. The number of amides is 3. The van der Waals surface area contributed by atoms with Crippen molar-refractivity contribution < 1.29 is 14.7 Å². The summed E-state index contributed by atoms with van der Waals surface area (Å²) in [5, 5.41) is 15.2. The monoisotopic (exact) mass is 341 g/mol. The maximum atomic E-state index is 12.4. The van der Waals surface area contributed by atoms with Crippen molar-refractivity contribution in [2.45, 2.75) is 32.7 Å². The standard InChI is InChI=1S/C19H23N3O3/c1-19(2,3)14-8-9-16(23)15(10-14)22-17(24)13-6-4-12(5-7-13)11-21-18(20)25/h4-10,23H,11H2,1-3H3,(H,22,24)(H3,20,21,25). The number of nitrogens with two attached hydrogens (primary N) is 1. The Bertz CT molecular complexity index is 777. The fraction of sp³-hybridized carbons (Fsp3) is 0.263. The van der Waals surface area contributed by atoms with Crippen LogP contribution in [0.15, 0.2) is 42.5 Å². The van der Waals surface area contributed by atoms with E-state index in [1.54, 1.807) is 36.4 Å². The number of phenols is 1. The Labute approximate surface area is 147 Å². The number of hydrogen-bond donors (Lipinski definition) is 4. The lowest BCUT2D eigenvalue weighted by Crippen LogP contribution is -2.28. The fourth-order valence-corrected chi connectivity index (χ4v) is 2.26. The highest BCUT2D eigenvalue weighted by Crippen LogP contribution is 2.31. The Morgan fingerprint density at radius 2 is 1.72 bits per heavy atom. The number of aromatic hydroxyl groups is 1. The maximum Gasteiger partial charge on any atom is 0.312 e. The topological polar surface area (TPSA) is 104 Å². The smallest absolute Gasteiger partial charge is 0.312 e. The molecule has 0 saturated heterocycles. The second kappa shape index (κ2) is 7.25. The van der Waals surface area contributed by atoms with Crippen LogP contribution in [0.25, 0.3) is 0 Å². The summed E-state index contributed by atoms with van der Waals surface area (Å²) >= 11 is 0. The number of carbonyl (C=O) groups is 2. The van der Waals surface area contributed by atoms with Crippen LogP contribution in [0.4, 0.5) is 10.5 Å². The largest absolute Gasteiger partial charge is 0.506 e. The van der Waals surface area contributed by atoms with E-state index in [-0.39, 0.29) is 17.1 Å². The number of nitrogens with one attached hydrogen (secondary N) is 2. The molecular formula is C19H23N3O3. The first-order chi connectivity index (χ1) is 11.7. The highest BCUT2D eigenvalue weighted by molar-refractivity contribution is 6.05. The minimum absolute atomic E-state index is 0.0172. The van der Waals surface area contributed by atoms with E-state index in [2.05, 4.69) is 31.4 Å². The van der Waals surface area contributed by atoms with Crippen LogP contribution in [0.3, 0.4) is 0 Å². The second-order valence-electron chi connectivity index (χ2n) is 6.85. The van der Waals surface area contributed by atoms with E-state index in [9.17, 15) is 14.7 Å². The molecule has 6 heteroatoms. The first-order valence-electron chi connectivity index (χ1n) is 7.94. The summed E-state index contributed by atoms with van der Waals surface area (Å²) in [7, 11) is 0. The van der Waals surface area contributed by atoms with E-state index in [4.69, 9.17) is 5.73 Å². The third-order valence-electron chi connectivity index (χ3n) is 3.79. The van der Waals surface area contributed by atoms with E-state index in [1.807, 2.05) is 6.07 Å². The van der Waals surface area contributed by atoms with Crippen molar-refractivity contribution in [2.24, 2.45) is 5.73 Å². The number of primary amides is 1. The summed E-state index contributed by atoms with van der Waals surface area (Å²) < 4.78 is 0. The molecule has 25 heavy (non-hydrogen) atoms. The quantitative estimate of drug-likeness (QED) is 0.642. The van der Waals surface area contributed by atoms with Crippen molar-refractivity contribution >= 4 is 17.6 Å². The number of anilines is 1. The molecule has 0 atom stereocenters. The van der Waals surface area contributed by atoms with Gasteiger partial charge in [-0.2, -0.15) is 0 Å². The molecule has 0 spiro atoms. The zero-order valence-corrected chi connectivity index (χ0v) is 14.6. The molecule has 6 nitrogen and oxygen atoms in total. The number of urea groups is 1. The Balaban J connectivity index is 2.13. The predicted molar refractivity (Wildman–Crippen MR) is 97.6 cm³/mol. The first-order valence-corrected chi connectivity index (χ1v) is 7.94. The molecule has 0 saturated carbocycles. The van der Waals surface area contributed by atoms with E-state index < -0.39 is 6.03 Å². The van der Waals surface area contributed by atoms with Crippen LogP contribution in [0.1, 0.15) is 42.3 Å². The molecule has 0 aliphatic heterocycles. The molecule has 0 bridgehead atoms.